The number of aryl methyl sites for hydroxylation is 1. The molecule has 24 heavy (non-hydrogen) atoms. The van der Waals surface area contributed by atoms with Crippen LogP contribution >= 0.6 is 11.3 Å². The number of ether oxygens (including phenoxy) is 1. The van der Waals surface area contributed by atoms with Crippen molar-refractivity contribution in [2.75, 3.05) is 7.11 Å². The molecule has 0 atom stereocenters. The van der Waals surface area contributed by atoms with E-state index in [-0.39, 0.29) is 0 Å². The second-order valence-electron chi connectivity index (χ2n) is 5.17. The smallest absolute Gasteiger partial charge is 0.146 e. The minimum atomic E-state index is 0.454. The van der Waals surface area contributed by atoms with Crippen LogP contribution in [0.1, 0.15) is 21.7 Å². The molecule has 0 aliphatic rings. The van der Waals surface area contributed by atoms with Gasteiger partial charge in [-0.15, -0.1) is 11.3 Å². The van der Waals surface area contributed by atoms with Gasteiger partial charge in [-0.05, 0) is 24.1 Å². The highest BCUT2D eigenvalue weighted by Crippen LogP contribution is 2.21. The molecule has 3 rings (SSSR count). The molecule has 0 saturated heterocycles. The van der Waals surface area contributed by atoms with Crippen LogP contribution in [-0.2, 0) is 11.4 Å². The van der Waals surface area contributed by atoms with Crippen molar-refractivity contribution in [3.8, 4) is 5.75 Å². The lowest BCUT2D eigenvalue weighted by Gasteiger charge is -2.13. The van der Waals surface area contributed by atoms with Crippen LogP contribution in [0.4, 0.5) is 0 Å². The third kappa shape index (κ3) is 3.63. The lowest BCUT2D eigenvalue weighted by Crippen LogP contribution is -2.09. The van der Waals surface area contributed by atoms with E-state index in [0.29, 0.717) is 6.61 Å². The van der Waals surface area contributed by atoms with Crippen molar-refractivity contribution in [2.45, 2.75) is 13.5 Å². The van der Waals surface area contributed by atoms with E-state index in [0.717, 1.165) is 33.2 Å². The number of para-hydroxylation sites is 1. The molecular formula is C19H18N2O2S. The fourth-order valence-corrected chi connectivity index (χ4v) is 3.02. The van der Waals surface area contributed by atoms with Gasteiger partial charge in [-0.1, -0.05) is 47.6 Å². The van der Waals surface area contributed by atoms with E-state index >= 15 is 0 Å². The Hall–Kier alpha value is -2.66. The summed E-state index contributed by atoms with van der Waals surface area (Å²) in [4.78, 5) is 9.38. The molecule has 0 saturated carbocycles. The minimum absolute atomic E-state index is 0.454. The Labute approximate surface area is 145 Å². The van der Waals surface area contributed by atoms with Gasteiger partial charge in [0.1, 0.15) is 30.2 Å². The molecule has 122 valence electrons. The van der Waals surface area contributed by atoms with Crippen LogP contribution in [0.15, 0.2) is 65.3 Å². The van der Waals surface area contributed by atoms with E-state index in [4.69, 9.17) is 9.57 Å². The Morgan fingerprint density at radius 1 is 1.12 bits per heavy atom. The number of nitrogens with zero attached hydrogens (tertiary/aromatic N) is 2. The first-order chi connectivity index (χ1) is 11.8. The molecule has 0 N–H and O–H groups in total. The molecular weight excluding hydrogens is 320 g/mol. The van der Waals surface area contributed by atoms with E-state index in [9.17, 15) is 0 Å². The summed E-state index contributed by atoms with van der Waals surface area (Å²) in [6, 6.07) is 16.0. The number of benzene rings is 2. The normalized spacial score (nSPS) is 11.3. The highest BCUT2D eigenvalue weighted by Gasteiger charge is 2.15. The Morgan fingerprint density at radius 2 is 1.92 bits per heavy atom. The summed E-state index contributed by atoms with van der Waals surface area (Å²) >= 11 is 1.53. The molecule has 4 nitrogen and oxygen atoms in total. The summed E-state index contributed by atoms with van der Waals surface area (Å²) in [5.41, 5.74) is 3.83. The largest absolute Gasteiger partial charge is 0.489 e. The van der Waals surface area contributed by atoms with Gasteiger partial charge in [0.05, 0.1) is 0 Å². The van der Waals surface area contributed by atoms with Crippen molar-refractivity contribution in [2.24, 2.45) is 5.16 Å². The van der Waals surface area contributed by atoms with E-state index in [1.54, 1.807) is 13.3 Å². The van der Waals surface area contributed by atoms with Crippen LogP contribution in [0, 0.1) is 6.92 Å². The number of hydrogen-bond donors (Lipinski definition) is 0. The second-order valence-corrected chi connectivity index (χ2v) is 6.07. The number of aromatic nitrogens is 1. The number of hydrogen-bond acceptors (Lipinski definition) is 5. The van der Waals surface area contributed by atoms with E-state index < -0.39 is 0 Å². The maximum atomic E-state index is 6.00. The van der Waals surface area contributed by atoms with Crippen LogP contribution in [-0.4, -0.2) is 17.8 Å². The van der Waals surface area contributed by atoms with E-state index in [1.807, 2.05) is 60.8 Å². The summed E-state index contributed by atoms with van der Waals surface area (Å²) < 4.78 is 6.00. The Balaban J connectivity index is 1.90. The molecule has 0 spiro atoms. The predicted molar refractivity (Wildman–Crippen MR) is 96.7 cm³/mol. The van der Waals surface area contributed by atoms with Gasteiger partial charge in [-0.25, -0.2) is 4.98 Å². The van der Waals surface area contributed by atoms with Gasteiger partial charge in [0, 0.05) is 17.1 Å². The van der Waals surface area contributed by atoms with Gasteiger partial charge >= 0.3 is 0 Å². The van der Waals surface area contributed by atoms with E-state index in [1.165, 1.54) is 11.3 Å². The van der Waals surface area contributed by atoms with Crippen molar-refractivity contribution in [3.63, 3.8) is 0 Å². The maximum absolute atomic E-state index is 6.00. The fraction of sp³-hybridized carbons (Fsp3) is 0.158. The average molecular weight is 338 g/mol. The first kappa shape index (κ1) is 16.2. The molecule has 0 aliphatic heterocycles. The number of rotatable bonds is 6. The highest BCUT2D eigenvalue weighted by atomic mass is 32.1. The quantitative estimate of drug-likeness (QED) is 0.493. The van der Waals surface area contributed by atoms with Crippen molar-refractivity contribution in [1.82, 2.24) is 4.98 Å². The number of thiazole rings is 1. The van der Waals surface area contributed by atoms with Crippen molar-refractivity contribution < 1.29 is 9.57 Å². The van der Waals surface area contributed by atoms with Crippen LogP contribution in [0.3, 0.4) is 0 Å². The zero-order valence-electron chi connectivity index (χ0n) is 13.6. The van der Waals surface area contributed by atoms with Crippen LogP contribution in [0.5, 0.6) is 5.75 Å². The summed E-state index contributed by atoms with van der Waals surface area (Å²) in [6.45, 7) is 2.49. The molecule has 0 fully saturated rings. The van der Waals surface area contributed by atoms with Crippen LogP contribution in [0.2, 0.25) is 0 Å². The first-order valence-electron chi connectivity index (χ1n) is 7.57. The molecule has 5 heteroatoms. The zero-order valence-corrected chi connectivity index (χ0v) is 14.4. The van der Waals surface area contributed by atoms with Gasteiger partial charge in [0.2, 0.25) is 0 Å². The highest BCUT2D eigenvalue weighted by molar-refractivity contribution is 7.11. The Kier molecular flexibility index (Phi) is 5.23. The van der Waals surface area contributed by atoms with Gasteiger partial charge in [-0.3, -0.25) is 0 Å². The lowest BCUT2D eigenvalue weighted by molar-refractivity contribution is 0.214. The van der Waals surface area contributed by atoms with Crippen LogP contribution < -0.4 is 4.74 Å². The van der Waals surface area contributed by atoms with Crippen LogP contribution in [0.25, 0.3) is 0 Å². The Bertz CT molecular complexity index is 829. The predicted octanol–water partition coefficient (Wildman–Crippen LogP) is 4.43. The number of oxime groups is 1. The molecule has 0 radical (unpaired) electrons. The molecule has 0 amide bonds. The SMILES string of the molecule is CON=C(c1nccs1)c1ccccc1COc1ccccc1C. The van der Waals surface area contributed by atoms with Gasteiger partial charge in [-0.2, -0.15) is 0 Å². The van der Waals surface area contributed by atoms with Gasteiger partial charge < -0.3 is 9.57 Å². The lowest BCUT2D eigenvalue weighted by atomic mass is 10.0. The zero-order chi connectivity index (χ0) is 16.8. The molecule has 1 aromatic heterocycles. The van der Waals surface area contributed by atoms with Gasteiger partial charge in [0.25, 0.3) is 0 Å². The van der Waals surface area contributed by atoms with Crippen molar-refractivity contribution in [1.29, 1.82) is 0 Å². The molecule has 3 aromatic rings. The maximum Gasteiger partial charge on any atom is 0.146 e. The summed E-state index contributed by atoms with van der Waals surface area (Å²) in [5.74, 6) is 0.881. The third-order valence-corrected chi connectivity index (χ3v) is 4.35. The van der Waals surface area contributed by atoms with E-state index in [2.05, 4.69) is 10.1 Å². The second kappa shape index (κ2) is 7.75. The van der Waals surface area contributed by atoms with Crippen molar-refractivity contribution in [3.05, 3.63) is 81.8 Å². The average Bonchev–Trinajstić information content (AvgIpc) is 3.14. The summed E-state index contributed by atoms with van der Waals surface area (Å²) in [7, 11) is 1.54. The Morgan fingerprint density at radius 3 is 2.67 bits per heavy atom. The topological polar surface area (TPSA) is 43.7 Å². The van der Waals surface area contributed by atoms with Crippen molar-refractivity contribution >= 4 is 17.0 Å². The fourth-order valence-electron chi connectivity index (χ4n) is 2.39. The third-order valence-electron chi connectivity index (χ3n) is 3.57. The molecule has 2 aromatic carbocycles. The summed E-state index contributed by atoms with van der Waals surface area (Å²) in [5, 5.41) is 6.92. The monoisotopic (exact) mass is 338 g/mol. The first-order valence-corrected chi connectivity index (χ1v) is 8.45. The van der Waals surface area contributed by atoms with Gasteiger partial charge in [0.15, 0.2) is 0 Å². The standard InChI is InChI=1S/C19H18N2O2S/c1-14-7-3-6-10-17(14)23-13-15-8-4-5-9-16(15)18(21-22-2)19-20-11-12-24-19/h3-12H,13H2,1-2H3. The minimum Gasteiger partial charge on any atom is -0.489 e. The summed E-state index contributed by atoms with van der Waals surface area (Å²) in [6.07, 6.45) is 1.76. The molecule has 0 unspecified atom stereocenters. The molecule has 0 aliphatic carbocycles. The molecule has 0 bridgehead atoms. The molecule has 1 heterocycles.